The van der Waals surface area contributed by atoms with E-state index in [0.29, 0.717) is 18.3 Å². The van der Waals surface area contributed by atoms with Crippen LogP contribution in [0, 0.1) is 6.92 Å². The van der Waals surface area contributed by atoms with Crippen LogP contribution in [0.4, 0.5) is 4.79 Å². The van der Waals surface area contributed by atoms with Gasteiger partial charge in [-0.2, -0.15) is 0 Å². The molecule has 0 amide bonds. The van der Waals surface area contributed by atoms with Gasteiger partial charge in [-0.1, -0.05) is 39.7 Å². The van der Waals surface area contributed by atoms with Crippen molar-refractivity contribution in [2.75, 3.05) is 7.11 Å². The molecule has 0 atom stereocenters. The van der Waals surface area contributed by atoms with E-state index in [1.807, 2.05) is 18.2 Å². The molecule has 0 bridgehead atoms. The maximum absolute atomic E-state index is 11.4. The highest BCUT2D eigenvalue weighted by Crippen LogP contribution is 2.45. The molecule has 0 radical (unpaired) electrons. The first kappa shape index (κ1) is 16.8. The van der Waals surface area contributed by atoms with Gasteiger partial charge in [0.2, 0.25) is 0 Å². The van der Waals surface area contributed by atoms with Gasteiger partial charge in [-0.05, 0) is 49.4 Å². The van der Waals surface area contributed by atoms with Gasteiger partial charge in [-0.15, -0.1) is 0 Å². The van der Waals surface area contributed by atoms with Crippen LogP contribution >= 0.6 is 15.9 Å². The smallest absolute Gasteiger partial charge is 0.488 e. The Bertz CT molecular complexity index is 753. The molecule has 0 aromatic heterocycles. The summed E-state index contributed by atoms with van der Waals surface area (Å²) in [7, 11) is 1.28. The molecule has 0 spiro atoms. The van der Waals surface area contributed by atoms with E-state index < -0.39 is 6.16 Å². The number of rotatable bonds is 5. The fourth-order valence-corrected chi connectivity index (χ4v) is 3.03. The second-order valence-electron chi connectivity index (χ2n) is 5.88. The number of hydrogen-bond donors (Lipinski definition) is 0. The van der Waals surface area contributed by atoms with Gasteiger partial charge >= 0.3 is 6.16 Å². The molecule has 0 heterocycles. The van der Waals surface area contributed by atoms with E-state index in [-0.39, 0.29) is 0 Å². The lowest BCUT2D eigenvalue weighted by atomic mass is 10.1. The molecule has 126 valence electrons. The van der Waals surface area contributed by atoms with E-state index in [0.717, 1.165) is 15.8 Å². The van der Waals surface area contributed by atoms with E-state index in [2.05, 4.69) is 33.7 Å². The highest BCUT2D eigenvalue weighted by Gasteiger charge is 2.27. The van der Waals surface area contributed by atoms with Crippen LogP contribution in [-0.2, 0) is 11.3 Å². The predicted octanol–water partition coefficient (Wildman–Crippen LogP) is 5.36. The van der Waals surface area contributed by atoms with Crippen molar-refractivity contribution < 1.29 is 19.0 Å². The SMILES string of the molecule is COC(=O)Oc1cccc(Br)c1COc1ccc(C)cc1C1CC1. The summed E-state index contributed by atoms with van der Waals surface area (Å²) in [6.45, 7) is 2.39. The standard InChI is InChI=1S/C19H19BrO4/c1-12-6-9-17(14(10-12)13-7-8-13)23-11-15-16(20)4-3-5-18(15)24-19(21)22-2/h3-6,9-10,13H,7-8,11H2,1-2H3. The summed E-state index contributed by atoms with van der Waals surface area (Å²) < 4.78 is 16.6. The summed E-state index contributed by atoms with van der Waals surface area (Å²) in [6.07, 6.45) is 1.68. The number of benzene rings is 2. The van der Waals surface area contributed by atoms with Crippen molar-refractivity contribution in [3.05, 3.63) is 57.6 Å². The Morgan fingerprint density at radius 1 is 1.21 bits per heavy atom. The van der Waals surface area contributed by atoms with Crippen molar-refractivity contribution in [3.8, 4) is 11.5 Å². The summed E-state index contributed by atoms with van der Waals surface area (Å²) in [4.78, 5) is 11.4. The molecule has 1 saturated carbocycles. The summed E-state index contributed by atoms with van der Waals surface area (Å²) >= 11 is 3.49. The second kappa shape index (κ2) is 7.26. The van der Waals surface area contributed by atoms with E-state index in [1.165, 1.54) is 31.1 Å². The van der Waals surface area contributed by atoms with Crippen LogP contribution in [0.2, 0.25) is 0 Å². The Balaban J connectivity index is 1.81. The lowest BCUT2D eigenvalue weighted by molar-refractivity contribution is 0.120. The van der Waals surface area contributed by atoms with Crippen molar-refractivity contribution in [2.24, 2.45) is 0 Å². The normalized spacial score (nSPS) is 13.5. The maximum Gasteiger partial charge on any atom is 0.513 e. The largest absolute Gasteiger partial charge is 0.513 e. The van der Waals surface area contributed by atoms with Crippen LogP contribution in [0.5, 0.6) is 11.5 Å². The molecule has 2 aromatic carbocycles. The monoisotopic (exact) mass is 390 g/mol. The van der Waals surface area contributed by atoms with Crippen LogP contribution in [0.1, 0.15) is 35.4 Å². The number of halogens is 1. The zero-order valence-corrected chi connectivity index (χ0v) is 15.3. The van der Waals surface area contributed by atoms with Gasteiger partial charge in [0, 0.05) is 10.0 Å². The molecule has 0 saturated heterocycles. The third-order valence-electron chi connectivity index (χ3n) is 3.99. The average molecular weight is 391 g/mol. The molecule has 0 aliphatic heterocycles. The first-order valence-electron chi connectivity index (χ1n) is 7.85. The van der Waals surface area contributed by atoms with Crippen LogP contribution in [0.3, 0.4) is 0 Å². The minimum Gasteiger partial charge on any atom is -0.488 e. The Morgan fingerprint density at radius 3 is 2.71 bits per heavy atom. The van der Waals surface area contributed by atoms with Gasteiger partial charge in [0.25, 0.3) is 0 Å². The van der Waals surface area contributed by atoms with E-state index in [9.17, 15) is 4.79 Å². The van der Waals surface area contributed by atoms with Crippen molar-refractivity contribution in [2.45, 2.75) is 32.3 Å². The highest BCUT2D eigenvalue weighted by molar-refractivity contribution is 9.10. The predicted molar refractivity (Wildman–Crippen MR) is 94.7 cm³/mol. The van der Waals surface area contributed by atoms with Crippen LogP contribution in [-0.4, -0.2) is 13.3 Å². The molecule has 0 unspecified atom stereocenters. The fraction of sp³-hybridized carbons (Fsp3) is 0.316. The topological polar surface area (TPSA) is 44.8 Å². The molecular formula is C19H19BrO4. The molecule has 3 rings (SSSR count). The zero-order chi connectivity index (χ0) is 17.1. The third-order valence-corrected chi connectivity index (χ3v) is 4.73. The van der Waals surface area contributed by atoms with E-state index in [4.69, 9.17) is 9.47 Å². The van der Waals surface area contributed by atoms with Crippen molar-refractivity contribution in [1.82, 2.24) is 0 Å². The zero-order valence-electron chi connectivity index (χ0n) is 13.7. The van der Waals surface area contributed by atoms with Gasteiger partial charge in [-0.3, -0.25) is 0 Å². The summed E-state index contributed by atoms with van der Waals surface area (Å²) in [6, 6.07) is 11.7. The number of carbonyl (C=O) groups is 1. The molecule has 5 heteroatoms. The van der Waals surface area contributed by atoms with Crippen molar-refractivity contribution in [1.29, 1.82) is 0 Å². The van der Waals surface area contributed by atoms with Gasteiger partial charge in [0.15, 0.2) is 0 Å². The number of aryl methyl sites for hydroxylation is 1. The Kier molecular flexibility index (Phi) is 5.09. The first-order chi connectivity index (χ1) is 11.6. The number of carbonyl (C=O) groups excluding carboxylic acids is 1. The number of methoxy groups -OCH3 is 1. The molecule has 2 aromatic rings. The van der Waals surface area contributed by atoms with Gasteiger partial charge in [0.1, 0.15) is 18.1 Å². The minimum atomic E-state index is -0.747. The summed E-state index contributed by atoms with van der Waals surface area (Å²) in [5, 5.41) is 0. The van der Waals surface area contributed by atoms with Gasteiger partial charge < -0.3 is 14.2 Å². The lowest BCUT2D eigenvalue weighted by Crippen LogP contribution is -2.10. The molecule has 1 aliphatic rings. The summed E-state index contributed by atoms with van der Waals surface area (Å²) in [5.41, 5.74) is 3.27. The van der Waals surface area contributed by atoms with Crippen molar-refractivity contribution in [3.63, 3.8) is 0 Å². The lowest BCUT2D eigenvalue weighted by Gasteiger charge is -2.15. The number of hydrogen-bond acceptors (Lipinski definition) is 4. The van der Waals surface area contributed by atoms with Crippen LogP contribution in [0.15, 0.2) is 40.9 Å². The third kappa shape index (κ3) is 3.90. The summed E-state index contributed by atoms with van der Waals surface area (Å²) in [5.74, 6) is 1.92. The molecule has 0 N–H and O–H groups in total. The minimum absolute atomic E-state index is 0.302. The van der Waals surface area contributed by atoms with Gasteiger partial charge in [-0.25, -0.2) is 4.79 Å². The van der Waals surface area contributed by atoms with Crippen molar-refractivity contribution >= 4 is 22.1 Å². The fourth-order valence-electron chi connectivity index (χ4n) is 2.57. The molecule has 4 nitrogen and oxygen atoms in total. The average Bonchev–Trinajstić information content (AvgIpc) is 3.40. The molecule has 24 heavy (non-hydrogen) atoms. The van der Waals surface area contributed by atoms with Crippen LogP contribution < -0.4 is 9.47 Å². The molecular weight excluding hydrogens is 372 g/mol. The van der Waals surface area contributed by atoms with Gasteiger partial charge in [0.05, 0.1) is 7.11 Å². The second-order valence-corrected chi connectivity index (χ2v) is 6.73. The molecule has 1 aliphatic carbocycles. The Morgan fingerprint density at radius 2 is 2.00 bits per heavy atom. The highest BCUT2D eigenvalue weighted by atomic mass is 79.9. The molecule has 1 fully saturated rings. The quantitative estimate of drug-likeness (QED) is 0.509. The van der Waals surface area contributed by atoms with E-state index >= 15 is 0 Å². The number of ether oxygens (including phenoxy) is 3. The van der Waals surface area contributed by atoms with Crippen LogP contribution in [0.25, 0.3) is 0 Å². The Hall–Kier alpha value is -2.01. The van der Waals surface area contributed by atoms with E-state index in [1.54, 1.807) is 12.1 Å². The maximum atomic E-state index is 11.4. The Labute approximate surface area is 149 Å². The first-order valence-corrected chi connectivity index (χ1v) is 8.64.